The second-order valence-corrected chi connectivity index (χ2v) is 9.99. The molecule has 37 heavy (non-hydrogen) atoms. The van der Waals surface area contributed by atoms with Crippen LogP contribution in [-0.2, 0) is 14.9 Å². The van der Waals surface area contributed by atoms with Crippen LogP contribution in [-0.4, -0.2) is 45.7 Å². The molecule has 0 radical (unpaired) electrons. The van der Waals surface area contributed by atoms with E-state index in [9.17, 15) is 19.6 Å². The predicted molar refractivity (Wildman–Crippen MR) is 132 cm³/mol. The number of carbonyl (C=O) groups is 1. The first-order valence-corrected chi connectivity index (χ1v) is 11.9. The van der Waals surface area contributed by atoms with Crippen LogP contribution in [0.15, 0.2) is 30.5 Å². The Morgan fingerprint density at radius 1 is 1.35 bits per heavy atom. The average Bonchev–Trinajstić information content (AvgIpc) is 3.48. The van der Waals surface area contributed by atoms with E-state index in [-0.39, 0.29) is 36.6 Å². The van der Waals surface area contributed by atoms with Gasteiger partial charge in [0.05, 0.1) is 31.5 Å². The number of fused-ring (bicyclic) bond motifs is 2. The van der Waals surface area contributed by atoms with Gasteiger partial charge in [-0.15, -0.1) is 0 Å². The van der Waals surface area contributed by atoms with Gasteiger partial charge < -0.3 is 19.1 Å². The molecule has 192 valence electrons. The van der Waals surface area contributed by atoms with Crippen molar-refractivity contribution in [2.45, 2.75) is 50.5 Å². The van der Waals surface area contributed by atoms with Gasteiger partial charge in [0, 0.05) is 46.0 Å². The van der Waals surface area contributed by atoms with Gasteiger partial charge in [0.25, 0.3) is 0 Å². The number of halogens is 2. The van der Waals surface area contributed by atoms with Crippen molar-refractivity contribution in [2.75, 3.05) is 13.7 Å². The molecule has 2 N–H and O–H groups in total. The second-order valence-electron chi connectivity index (χ2n) is 9.99. The lowest BCUT2D eigenvalue weighted by Crippen LogP contribution is -2.32. The summed E-state index contributed by atoms with van der Waals surface area (Å²) in [6, 6.07) is 8.46. The number of aliphatic carboxylic acids is 1. The number of rotatable bonds is 6. The number of hydrogen-bond donors (Lipinski definition) is 2. The van der Waals surface area contributed by atoms with Gasteiger partial charge in [0.15, 0.2) is 23.5 Å². The molecule has 1 saturated heterocycles. The van der Waals surface area contributed by atoms with Crippen molar-refractivity contribution in [2.24, 2.45) is 0 Å². The van der Waals surface area contributed by atoms with E-state index >= 15 is 4.39 Å². The zero-order chi connectivity index (χ0) is 26.5. The molecular weight excluding hydrogens is 482 g/mol. The molecule has 0 bridgehead atoms. The summed E-state index contributed by atoms with van der Waals surface area (Å²) in [5.41, 5.74) is 1.88. The van der Waals surface area contributed by atoms with Gasteiger partial charge in [0.1, 0.15) is 5.52 Å². The summed E-state index contributed by atoms with van der Waals surface area (Å²) in [6.07, 6.45) is 1.45. The van der Waals surface area contributed by atoms with Crippen molar-refractivity contribution >= 4 is 27.8 Å². The molecule has 1 unspecified atom stereocenters. The Kier molecular flexibility index (Phi) is 6.12. The third-order valence-electron chi connectivity index (χ3n) is 7.16. The summed E-state index contributed by atoms with van der Waals surface area (Å²) < 4.78 is 43.4. The standard InChI is InChI=1S/C27H26F2N4O4/c1-27(2,8-9-30)25-21(14-4-7-19(26(34)35)37-13-14)22-18(10-15-12-31-32-24(15)23(22)29)33(25)16-5-6-17(28)20(11-16)36-3/h5-6,10-12,14,19H,4,7-8,13H2,1-3H3,(H,31,32)(H,34,35)/t14?,19-/m0/s1. The smallest absolute Gasteiger partial charge is 0.332 e. The molecule has 0 spiro atoms. The molecule has 3 heterocycles. The maximum Gasteiger partial charge on any atom is 0.332 e. The normalized spacial score (nSPS) is 18.3. The Labute approximate surface area is 211 Å². The molecule has 0 amide bonds. The van der Waals surface area contributed by atoms with Gasteiger partial charge in [-0.3, -0.25) is 5.10 Å². The van der Waals surface area contributed by atoms with Gasteiger partial charge in [-0.1, -0.05) is 13.8 Å². The maximum atomic E-state index is 16.2. The van der Waals surface area contributed by atoms with Crippen LogP contribution >= 0.6 is 0 Å². The Morgan fingerprint density at radius 2 is 2.14 bits per heavy atom. The number of aromatic amines is 1. The van der Waals surface area contributed by atoms with Gasteiger partial charge >= 0.3 is 5.97 Å². The van der Waals surface area contributed by atoms with Crippen LogP contribution in [0, 0.1) is 23.0 Å². The highest BCUT2D eigenvalue weighted by molar-refractivity contribution is 6.00. The summed E-state index contributed by atoms with van der Waals surface area (Å²) in [5, 5.41) is 26.7. The summed E-state index contributed by atoms with van der Waals surface area (Å²) in [4.78, 5) is 11.5. The zero-order valence-electron chi connectivity index (χ0n) is 20.6. The number of ether oxygens (including phenoxy) is 2. The van der Waals surface area contributed by atoms with Crippen LogP contribution in [0.3, 0.4) is 0 Å². The quantitative estimate of drug-likeness (QED) is 0.364. The number of aromatic nitrogens is 3. The number of nitrogens with zero attached hydrogens (tertiary/aromatic N) is 3. The van der Waals surface area contributed by atoms with Crippen molar-refractivity contribution in [3.63, 3.8) is 0 Å². The summed E-state index contributed by atoms with van der Waals surface area (Å²) >= 11 is 0. The van der Waals surface area contributed by atoms with Crippen molar-refractivity contribution in [3.05, 3.63) is 53.4 Å². The lowest BCUT2D eigenvalue weighted by molar-refractivity contribution is -0.153. The fraction of sp³-hybridized carbons (Fsp3) is 0.370. The van der Waals surface area contributed by atoms with E-state index in [2.05, 4.69) is 16.3 Å². The molecule has 0 aliphatic carbocycles. The molecular formula is C27H26F2N4O4. The van der Waals surface area contributed by atoms with Crippen molar-refractivity contribution in [3.8, 4) is 17.5 Å². The van der Waals surface area contributed by atoms with Crippen LogP contribution in [0.4, 0.5) is 8.78 Å². The Hall–Kier alpha value is -3.97. The molecule has 1 fully saturated rings. The largest absolute Gasteiger partial charge is 0.494 e. The minimum absolute atomic E-state index is 0.0279. The number of nitriles is 1. The Morgan fingerprint density at radius 3 is 2.78 bits per heavy atom. The molecule has 10 heteroatoms. The first-order valence-electron chi connectivity index (χ1n) is 11.9. The minimum atomic E-state index is -1.03. The summed E-state index contributed by atoms with van der Waals surface area (Å²) in [6.45, 7) is 3.89. The number of nitrogens with one attached hydrogen (secondary N) is 1. The fourth-order valence-electron chi connectivity index (χ4n) is 5.41. The molecule has 1 aliphatic heterocycles. The lowest BCUT2D eigenvalue weighted by atomic mass is 9.78. The predicted octanol–water partition coefficient (Wildman–Crippen LogP) is 5.33. The SMILES string of the molecule is COc1cc(-n2c(C(C)(C)CC#N)c(C3CC[C@@H](C(=O)O)OC3)c3c(F)c4[nH]ncc4cc32)ccc1F. The Balaban J connectivity index is 1.88. The van der Waals surface area contributed by atoms with Crippen LogP contribution in [0.2, 0.25) is 0 Å². The maximum absolute atomic E-state index is 16.2. The monoisotopic (exact) mass is 508 g/mol. The van der Waals surface area contributed by atoms with Gasteiger partial charge in [-0.05, 0) is 36.6 Å². The van der Waals surface area contributed by atoms with E-state index in [0.29, 0.717) is 39.7 Å². The van der Waals surface area contributed by atoms with Crippen molar-refractivity contribution in [1.29, 1.82) is 5.26 Å². The second kappa shape index (κ2) is 9.16. The van der Waals surface area contributed by atoms with E-state index in [1.807, 2.05) is 24.5 Å². The first-order chi connectivity index (χ1) is 17.7. The minimum Gasteiger partial charge on any atom is -0.494 e. The fourth-order valence-corrected chi connectivity index (χ4v) is 5.41. The number of hydrogen-bond acceptors (Lipinski definition) is 5. The molecule has 8 nitrogen and oxygen atoms in total. The Bertz CT molecular complexity index is 1560. The number of H-pyrrole nitrogens is 1. The van der Waals surface area contributed by atoms with Crippen LogP contribution in [0.1, 0.15) is 50.3 Å². The zero-order valence-corrected chi connectivity index (χ0v) is 20.6. The molecule has 2 atom stereocenters. The van der Waals surface area contributed by atoms with Crippen molar-refractivity contribution in [1.82, 2.24) is 14.8 Å². The third-order valence-corrected chi connectivity index (χ3v) is 7.16. The molecule has 2 aromatic heterocycles. The molecule has 1 aliphatic rings. The van der Waals surface area contributed by atoms with E-state index in [4.69, 9.17) is 9.47 Å². The van der Waals surface area contributed by atoms with E-state index in [1.54, 1.807) is 12.1 Å². The molecule has 0 saturated carbocycles. The lowest BCUT2D eigenvalue weighted by Gasteiger charge is -2.32. The highest BCUT2D eigenvalue weighted by Crippen LogP contribution is 2.46. The number of carboxylic acid groups (broad SMARTS) is 1. The molecule has 5 rings (SSSR count). The van der Waals surface area contributed by atoms with Gasteiger partial charge in [0.2, 0.25) is 0 Å². The summed E-state index contributed by atoms with van der Waals surface area (Å²) in [7, 11) is 1.37. The third kappa shape index (κ3) is 4.00. The highest BCUT2D eigenvalue weighted by atomic mass is 19.1. The van der Waals surface area contributed by atoms with Crippen LogP contribution in [0.5, 0.6) is 5.75 Å². The van der Waals surface area contributed by atoms with E-state index in [0.717, 1.165) is 0 Å². The van der Waals surface area contributed by atoms with E-state index in [1.165, 1.54) is 19.4 Å². The van der Waals surface area contributed by atoms with Gasteiger partial charge in [-0.25, -0.2) is 13.6 Å². The molecule has 4 aromatic rings. The number of benzene rings is 2. The van der Waals surface area contributed by atoms with Crippen molar-refractivity contribution < 1.29 is 28.2 Å². The number of methoxy groups -OCH3 is 1. The molecule has 2 aromatic carbocycles. The van der Waals surface area contributed by atoms with Gasteiger partial charge in [-0.2, -0.15) is 10.4 Å². The number of carboxylic acids is 1. The van der Waals surface area contributed by atoms with Crippen LogP contribution in [0.25, 0.3) is 27.5 Å². The highest BCUT2D eigenvalue weighted by Gasteiger charge is 2.38. The van der Waals surface area contributed by atoms with Crippen LogP contribution < -0.4 is 4.74 Å². The average molecular weight is 509 g/mol. The first kappa shape index (κ1) is 24.7. The summed E-state index contributed by atoms with van der Waals surface area (Å²) in [5.74, 6) is -2.37. The van der Waals surface area contributed by atoms with E-state index < -0.39 is 29.1 Å². The topological polar surface area (TPSA) is 113 Å².